The highest BCUT2D eigenvalue weighted by molar-refractivity contribution is 5.86. The van der Waals surface area contributed by atoms with Crippen molar-refractivity contribution in [2.45, 2.75) is 39.2 Å². The zero-order chi connectivity index (χ0) is 12.1. The Morgan fingerprint density at radius 2 is 2.00 bits per heavy atom. The minimum atomic E-state index is -1.18. The Morgan fingerprint density at radius 3 is 2.33 bits per heavy atom. The third-order valence-electron chi connectivity index (χ3n) is 2.30. The quantitative estimate of drug-likeness (QED) is 0.693. The van der Waals surface area contributed by atoms with Crippen molar-refractivity contribution in [3.8, 4) is 12.3 Å². The number of hydrogen-bond acceptors (Lipinski definition) is 2. The van der Waals surface area contributed by atoms with Crippen LogP contribution in [-0.4, -0.2) is 34.0 Å². The lowest BCUT2D eigenvalue weighted by molar-refractivity contribution is -0.156. The molecule has 1 N–H and O–H groups in total. The van der Waals surface area contributed by atoms with E-state index in [9.17, 15) is 9.59 Å². The first kappa shape index (κ1) is 13.5. The largest absolute Gasteiger partial charge is 0.480 e. The Morgan fingerprint density at radius 1 is 1.47 bits per heavy atom. The molecule has 0 fully saturated rings. The average molecular weight is 211 g/mol. The summed E-state index contributed by atoms with van der Waals surface area (Å²) in [5.41, 5.74) is -1.18. The van der Waals surface area contributed by atoms with Crippen molar-refractivity contribution in [2.24, 2.45) is 0 Å². The summed E-state index contributed by atoms with van der Waals surface area (Å²) in [6.07, 6.45) is 5.58. The van der Waals surface area contributed by atoms with E-state index in [1.165, 1.54) is 18.7 Å². The molecule has 0 heterocycles. The minimum absolute atomic E-state index is 0.195. The molecule has 1 amide bonds. The Kier molecular flexibility index (Phi) is 4.86. The lowest BCUT2D eigenvalue weighted by Gasteiger charge is -2.34. The minimum Gasteiger partial charge on any atom is -0.480 e. The van der Waals surface area contributed by atoms with E-state index in [0.29, 0.717) is 13.0 Å². The maximum atomic E-state index is 11.7. The van der Waals surface area contributed by atoms with Gasteiger partial charge in [-0.25, -0.2) is 4.79 Å². The number of hydrogen-bond donors (Lipinski definition) is 1. The highest BCUT2D eigenvalue weighted by Gasteiger charge is 2.36. The van der Waals surface area contributed by atoms with Crippen molar-refractivity contribution in [2.75, 3.05) is 6.54 Å². The molecule has 0 saturated carbocycles. The molecule has 0 atom stereocenters. The molecule has 0 bridgehead atoms. The Balaban J connectivity index is 4.69. The summed E-state index contributed by atoms with van der Waals surface area (Å²) in [7, 11) is 0. The lowest BCUT2D eigenvalue weighted by atomic mass is 10.0. The fourth-order valence-electron chi connectivity index (χ4n) is 1.31. The molecule has 4 heteroatoms. The van der Waals surface area contributed by atoms with Crippen molar-refractivity contribution in [3.05, 3.63) is 0 Å². The molecule has 0 aromatic carbocycles. The van der Waals surface area contributed by atoms with E-state index in [1.54, 1.807) is 6.92 Å². The van der Waals surface area contributed by atoms with Crippen LogP contribution in [0.4, 0.5) is 0 Å². The maximum absolute atomic E-state index is 11.7. The second-order valence-electron chi connectivity index (χ2n) is 3.71. The summed E-state index contributed by atoms with van der Waals surface area (Å²) in [5.74, 6) is 1.13. The van der Waals surface area contributed by atoms with Gasteiger partial charge in [-0.15, -0.1) is 12.3 Å². The van der Waals surface area contributed by atoms with E-state index in [2.05, 4.69) is 5.92 Å². The number of aliphatic carboxylic acids is 1. The van der Waals surface area contributed by atoms with Crippen LogP contribution in [0.25, 0.3) is 0 Å². The van der Waals surface area contributed by atoms with Crippen LogP contribution in [0.15, 0.2) is 0 Å². The van der Waals surface area contributed by atoms with Crippen molar-refractivity contribution in [1.82, 2.24) is 4.90 Å². The van der Waals surface area contributed by atoms with Crippen LogP contribution in [-0.2, 0) is 9.59 Å². The van der Waals surface area contributed by atoms with Crippen molar-refractivity contribution in [3.63, 3.8) is 0 Å². The highest BCUT2D eigenvalue weighted by atomic mass is 16.4. The van der Waals surface area contributed by atoms with Gasteiger partial charge in [0.15, 0.2) is 0 Å². The van der Waals surface area contributed by atoms with Gasteiger partial charge in [0.25, 0.3) is 0 Å². The number of nitrogens with zero attached hydrogens (tertiary/aromatic N) is 1. The van der Waals surface area contributed by atoms with Crippen LogP contribution < -0.4 is 0 Å². The van der Waals surface area contributed by atoms with Gasteiger partial charge in [-0.2, -0.15) is 0 Å². The first-order valence-corrected chi connectivity index (χ1v) is 4.85. The van der Waals surface area contributed by atoms with Crippen LogP contribution in [0.2, 0.25) is 0 Å². The molecule has 0 aliphatic carbocycles. The summed E-state index contributed by atoms with van der Waals surface area (Å²) >= 11 is 0. The lowest BCUT2D eigenvalue weighted by Crippen LogP contribution is -2.52. The molecule has 0 saturated heterocycles. The van der Waals surface area contributed by atoms with Gasteiger partial charge in [0.05, 0.1) is 0 Å². The van der Waals surface area contributed by atoms with Crippen molar-refractivity contribution < 1.29 is 14.7 Å². The van der Waals surface area contributed by atoms with E-state index in [4.69, 9.17) is 11.5 Å². The predicted octanol–water partition coefficient (Wildman–Crippen LogP) is 1.11. The molecule has 0 aromatic heterocycles. The van der Waals surface area contributed by atoms with E-state index in [0.717, 1.165) is 0 Å². The van der Waals surface area contributed by atoms with Gasteiger partial charge in [0, 0.05) is 19.4 Å². The molecule has 0 unspecified atom stereocenters. The Labute approximate surface area is 90.3 Å². The third kappa shape index (κ3) is 3.28. The monoisotopic (exact) mass is 211 g/mol. The maximum Gasteiger partial charge on any atom is 0.329 e. The molecule has 0 aromatic rings. The number of likely N-dealkylation sites (N-methyl/N-ethyl adjacent to an activating group) is 1. The number of carboxylic acids is 1. The Hall–Kier alpha value is -1.50. The number of carbonyl (C=O) groups is 2. The molecule has 0 radical (unpaired) electrons. The number of rotatable bonds is 5. The second-order valence-corrected chi connectivity index (χ2v) is 3.71. The molecule has 15 heavy (non-hydrogen) atoms. The fraction of sp³-hybridized carbons (Fsp3) is 0.636. The van der Waals surface area contributed by atoms with E-state index in [1.807, 2.05) is 0 Å². The van der Waals surface area contributed by atoms with Gasteiger partial charge in [0.2, 0.25) is 5.91 Å². The predicted molar refractivity (Wildman–Crippen MR) is 57.2 cm³/mol. The van der Waals surface area contributed by atoms with Crippen molar-refractivity contribution in [1.29, 1.82) is 0 Å². The van der Waals surface area contributed by atoms with Gasteiger partial charge in [-0.1, -0.05) is 0 Å². The Bertz CT molecular complexity index is 289. The number of terminal acetylenes is 1. The summed E-state index contributed by atoms with van der Waals surface area (Å²) in [5, 5.41) is 8.98. The summed E-state index contributed by atoms with van der Waals surface area (Å²) in [6.45, 7) is 5.13. The van der Waals surface area contributed by atoms with E-state index in [-0.39, 0.29) is 12.3 Å². The van der Waals surface area contributed by atoms with Gasteiger partial charge in [0.1, 0.15) is 5.54 Å². The highest BCUT2D eigenvalue weighted by Crippen LogP contribution is 2.16. The molecule has 84 valence electrons. The number of amides is 1. The van der Waals surface area contributed by atoms with Crippen LogP contribution in [0.5, 0.6) is 0 Å². The molecular formula is C11H17NO3. The van der Waals surface area contributed by atoms with Gasteiger partial charge >= 0.3 is 5.97 Å². The molecule has 0 aliphatic rings. The van der Waals surface area contributed by atoms with Crippen LogP contribution in [0, 0.1) is 12.3 Å². The molecule has 0 aliphatic heterocycles. The van der Waals surface area contributed by atoms with E-state index < -0.39 is 11.5 Å². The molecular weight excluding hydrogens is 194 g/mol. The smallest absolute Gasteiger partial charge is 0.329 e. The van der Waals surface area contributed by atoms with Gasteiger partial charge in [-0.05, 0) is 20.8 Å². The SMILES string of the molecule is C#CCCC(=O)N(CC)C(C)(C)C(=O)O. The van der Waals surface area contributed by atoms with Crippen LogP contribution in [0.3, 0.4) is 0 Å². The summed E-state index contributed by atoms with van der Waals surface area (Å²) in [4.78, 5) is 23.9. The molecule has 4 nitrogen and oxygen atoms in total. The first-order valence-electron chi connectivity index (χ1n) is 4.85. The van der Waals surface area contributed by atoms with Crippen molar-refractivity contribution >= 4 is 11.9 Å². The first-order chi connectivity index (χ1) is 6.87. The summed E-state index contributed by atoms with van der Waals surface area (Å²) in [6, 6.07) is 0. The molecule has 0 rings (SSSR count). The van der Waals surface area contributed by atoms with Crippen LogP contribution >= 0.6 is 0 Å². The average Bonchev–Trinajstić information content (AvgIpc) is 2.15. The fourth-order valence-corrected chi connectivity index (χ4v) is 1.31. The summed E-state index contributed by atoms with van der Waals surface area (Å²) < 4.78 is 0. The number of carbonyl (C=O) groups excluding carboxylic acids is 1. The standard InChI is InChI=1S/C11H17NO3/c1-5-7-8-9(13)12(6-2)11(3,4)10(14)15/h1H,6-8H2,2-4H3,(H,14,15). The topological polar surface area (TPSA) is 57.6 Å². The normalized spacial score (nSPS) is 10.5. The van der Waals surface area contributed by atoms with Crippen LogP contribution in [0.1, 0.15) is 33.6 Å². The molecule has 0 spiro atoms. The zero-order valence-electron chi connectivity index (χ0n) is 9.41. The zero-order valence-corrected chi connectivity index (χ0v) is 9.41. The van der Waals surface area contributed by atoms with Gasteiger partial charge in [-0.3, -0.25) is 4.79 Å². The number of carboxylic acid groups (broad SMARTS) is 1. The second kappa shape index (κ2) is 5.40. The third-order valence-corrected chi connectivity index (χ3v) is 2.30. The van der Waals surface area contributed by atoms with E-state index >= 15 is 0 Å². The van der Waals surface area contributed by atoms with Gasteiger partial charge < -0.3 is 10.0 Å².